The summed E-state index contributed by atoms with van der Waals surface area (Å²) in [5.41, 5.74) is 8.24. The minimum absolute atomic E-state index is 0.114. The first-order valence-electron chi connectivity index (χ1n) is 6.45. The number of rotatable bonds is 5. The van der Waals surface area contributed by atoms with Crippen molar-refractivity contribution in [3.63, 3.8) is 0 Å². The molecule has 0 atom stereocenters. The lowest BCUT2D eigenvalue weighted by molar-refractivity contribution is 0.305. The lowest BCUT2D eigenvalue weighted by Crippen LogP contribution is -2.15. The summed E-state index contributed by atoms with van der Waals surface area (Å²) in [5.74, 6) is 1.00. The van der Waals surface area contributed by atoms with Gasteiger partial charge in [-0.3, -0.25) is 0 Å². The highest BCUT2D eigenvalue weighted by atomic mass is 16.5. The Morgan fingerprint density at radius 2 is 1.94 bits per heavy atom. The van der Waals surface area contributed by atoms with E-state index in [9.17, 15) is 0 Å². The van der Waals surface area contributed by atoms with Crippen molar-refractivity contribution in [2.45, 2.75) is 46.0 Å². The molecule has 0 spiro atoms. The Labute approximate surface area is 105 Å². The number of ether oxygens (including phenoxy) is 1. The molecule has 2 heteroatoms. The van der Waals surface area contributed by atoms with Gasteiger partial charge in [0.1, 0.15) is 5.75 Å². The van der Waals surface area contributed by atoms with Crippen LogP contribution in [0.3, 0.4) is 0 Å². The fourth-order valence-corrected chi connectivity index (χ4v) is 1.77. The number of aryl methyl sites for hydroxylation is 1. The van der Waals surface area contributed by atoms with Crippen LogP contribution < -0.4 is 10.5 Å². The van der Waals surface area contributed by atoms with Crippen molar-refractivity contribution in [2.24, 2.45) is 5.73 Å². The second kappa shape index (κ2) is 6.06. The summed E-state index contributed by atoms with van der Waals surface area (Å²) >= 11 is 0. The Morgan fingerprint density at radius 3 is 2.47 bits per heavy atom. The average Bonchev–Trinajstić information content (AvgIpc) is 2.28. The molecule has 0 saturated heterocycles. The van der Waals surface area contributed by atoms with E-state index >= 15 is 0 Å². The molecule has 2 N–H and O–H groups in total. The van der Waals surface area contributed by atoms with Gasteiger partial charge in [-0.1, -0.05) is 39.8 Å². The third-order valence-electron chi connectivity index (χ3n) is 2.87. The van der Waals surface area contributed by atoms with Gasteiger partial charge in [-0.05, 0) is 42.0 Å². The van der Waals surface area contributed by atoms with Crippen LogP contribution in [0.2, 0.25) is 0 Å². The van der Waals surface area contributed by atoms with E-state index in [1.807, 2.05) is 0 Å². The molecule has 0 aliphatic rings. The zero-order valence-corrected chi connectivity index (χ0v) is 11.5. The van der Waals surface area contributed by atoms with Crippen LogP contribution in [-0.4, -0.2) is 13.2 Å². The fourth-order valence-electron chi connectivity index (χ4n) is 1.77. The maximum Gasteiger partial charge on any atom is 0.123 e. The Kier molecular flexibility index (Phi) is 5.01. The fraction of sp³-hybridized carbons (Fsp3) is 0.600. The van der Waals surface area contributed by atoms with Gasteiger partial charge in [0.15, 0.2) is 0 Å². The van der Waals surface area contributed by atoms with Gasteiger partial charge >= 0.3 is 0 Å². The molecule has 0 radical (unpaired) electrons. The monoisotopic (exact) mass is 235 g/mol. The highest BCUT2D eigenvalue weighted by Gasteiger charge is 2.19. The van der Waals surface area contributed by atoms with E-state index in [-0.39, 0.29) is 5.41 Å². The quantitative estimate of drug-likeness (QED) is 0.795. The van der Waals surface area contributed by atoms with E-state index in [0.717, 1.165) is 18.6 Å². The van der Waals surface area contributed by atoms with Gasteiger partial charge in [-0.2, -0.15) is 0 Å². The first-order chi connectivity index (χ1) is 7.99. The van der Waals surface area contributed by atoms with Gasteiger partial charge in [-0.15, -0.1) is 0 Å². The second-order valence-electron chi connectivity index (χ2n) is 5.42. The zero-order valence-electron chi connectivity index (χ0n) is 11.5. The summed E-state index contributed by atoms with van der Waals surface area (Å²) in [4.78, 5) is 0. The van der Waals surface area contributed by atoms with Crippen LogP contribution in [0.5, 0.6) is 5.75 Å². The lowest BCUT2D eigenvalue weighted by atomic mass is 9.85. The van der Waals surface area contributed by atoms with Crippen molar-refractivity contribution in [1.29, 1.82) is 0 Å². The van der Waals surface area contributed by atoms with Crippen LogP contribution in [-0.2, 0) is 11.8 Å². The molecule has 0 aliphatic heterocycles. The molecule has 0 unspecified atom stereocenters. The third kappa shape index (κ3) is 4.04. The molecule has 17 heavy (non-hydrogen) atoms. The number of benzene rings is 1. The summed E-state index contributed by atoms with van der Waals surface area (Å²) < 4.78 is 5.82. The molecular weight excluding hydrogens is 210 g/mol. The SMILES string of the molecule is CCc1ccc(OCCCN)c(C(C)(C)C)c1. The van der Waals surface area contributed by atoms with Gasteiger partial charge in [0.05, 0.1) is 6.61 Å². The zero-order chi connectivity index (χ0) is 12.9. The highest BCUT2D eigenvalue weighted by Crippen LogP contribution is 2.32. The van der Waals surface area contributed by atoms with Gasteiger partial charge < -0.3 is 10.5 Å². The molecule has 96 valence electrons. The predicted octanol–water partition coefficient (Wildman–Crippen LogP) is 3.27. The van der Waals surface area contributed by atoms with Crippen LogP contribution in [0, 0.1) is 0 Å². The Bertz CT molecular complexity index is 352. The van der Waals surface area contributed by atoms with Crippen LogP contribution in [0.1, 0.15) is 45.2 Å². The van der Waals surface area contributed by atoms with Gasteiger partial charge in [0.2, 0.25) is 0 Å². The summed E-state index contributed by atoms with van der Waals surface area (Å²) in [6, 6.07) is 6.50. The van der Waals surface area contributed by atoms with Crippen molar-refractivity contribution < 1.29 is 4.74 Å². The van der Waals surface area contributed by atoms with E-state index in [1.165, 1.54) is 11.1 Å². The van der Waals surface area contributed by atoms with E-state index in [0.29, 0.717) is 13.2 Å². The molecule has 0 amide bonds. The molecular formula is C15H25NO. The Balaban J connectivity index is 2.95. The molecule has 0 saturated carbocycles. The lowest BCUT2D eigenvalue weighted by Gasteiger charge is -2.23. The van der Waals surface area contributed by atoms with Crippen LogP contribution in [0.4, 0.5) is 0 Å². The molecule has 1 rings (SSSR count). The van der Waals surface area contributed by atoms with Crippen molar-refractivity contribution in [1.82, 2.24) is 0 Å². The molecule has 0 aliphatic carbocycles. The normalized spacial score (nSPS) is 11.6. The van der Waals surface area contributed by atoms with E-state index in [4.69, 9.17) is 10.5 Å². The molecule has 1 aromatic carbocycles. The maximum absolute atomic E-state index is 5.82. The van der Waals surface area contributed by atoms with Crippen LogP contribution in [0.15, 0.2) is 18.2 Å². The first kappa shape index (κ1) is 14.0. The standard InChI is InChI=1S/C15H25NO/c1-5-12-7-8-14(17-10-6-9-16)13(11-12)15(2,3)4/h7-8,11H,5-6,9-10,16H2,1-4H3. The molecule has 0 aromatic heterocycles. The van der Waals surface area contributed by atoms with E-state index < -0.39 is 0 Å². The summed E-state index contributed by atoms with van der Waals surface area (Å²) in [7, 11) is 0. The van der Waals surface area contributed by atoms with Gasteiger partial charge in [0, 0.05) is 0 Å². The number of hydrogen-bond acceptors (Lipinski definition) is 2. The molecule has 1 aromatic rings. The van der Waals surface area contributed by atoms with Crippen LogP contribution >= 0.6 is 0 Å². The summed E-state index contributed by atoms with van der Waals surface area (Å²) in [6.07, 6.45) is 1.96. The highest BCUT2D eigenvalue weighted by molar-refractivity contribution is 5.41. The van der Waals surface area contributed by atoms with Crippen molar-refractivity contribution in [2.75, 3.05) is 13.2 Å². The largest absolute Gasteiger partial charge is 0.493 e. The smallest absolute Gasteiger partial charge is 0.123 e. The second-order valence-corrected chi connectivity index (χ2v) is 5.42. The average molecular weight is 235 g/mol. The number of hydrogen-bond donors (Lipinski definition) is 1. The minimum atomic E-state index is 0.114. The third-order valence-corrected chi connectivity index (χ3v) is 2.87. The summed E-state index contributed by atoms with van der Waals surface area (Å²) in [5, 5.41) is 0. The van der Waals surface area contributed by atoms with Crippen molar-refractivity contribution in [3.8, 4) is 5.75 Å². The Hall–Kier alpha value is -1.02. The van der Waals surface area contributed by atoms with E-state index in [1.54, 1.807) is 0 Å². The van der Waals surface area contributed by atoms with Crippen LogP contribution in [0.25, 0.3) is 0 Å². The van der Waals surface area contributed by atoms with Gasteiger partial charge in [0.25, 0.3) is 0 Å². The van der Waals surface area contributed by atoms with Crippen molar-refractivity contribution in [3.05, 3.63) is 29.3 Å². The maximum atomic E-state index is 5.82. The predicted molar refractivity (Wildman–Crippen MR) is 73.7 cm³/mol. The molecule has 2 nitrogen and oxygen atoms in total. The minimum Gasteiger partial charge on any atom is -0.493 e. The number of nitrogens with two attached hydrogens (primary N) is 1. The van der Waals surface area contributed by atoms with Gasteiger partial charge in [-0.25, -0.2) is 0 Å². The van der Waals surface area contributed by atoms with E-state index in [2.05, 4.69) is 45.9 Å². The van der Waals surface area contributed by atoms with Crippen molar-refractivity contribution >= 4 is 0 Å². The molecule has 0 fully saturated rings. The topological polar surface area (TPSA) is 35.2 Å². The molecule has 0 heterocycles. The summed E-state index contributed by atoms with van der Waals surface area (Å²) in [6.45, 7) is 10.2. The molecule has 0 bridgehead atoms. The Morgan fingerprint density at radius 1 is 1.24 bits per heavy atom. The first-order valence-corrected chi connectivity index (χ1v) is 6.45.